The van der Waals surface area contributed by atoms with Crippen molar-refractivity contribution in [3.05, 3.63) is 53.1 Å². The molecule has 1 heterocycles. The molecule has 1 aliphatic rings. The minimum absolute atomic E-state index is 0.00440. The summed E-state index contributed by atoms with van der Waals surface area (Å²) in [5.41, 5.74) is 2.75. The number of ether oxygens (including phenoxy) is 4. The molecule has 0 radical (unpaired) electrons. The van der Waals surface area contributed by atoms with E-state index in [-0.39, 0.29) is 12.4 Å². The highest BCUT2D eigenvalue weighted by Crippen LogP contribution is 2.36. The maximum Gasteiger partial charge on any atom is 0.411 e. The van der Waals surface area contributed by atoms with Crippen LogP contribution in [0.15, 0.2) is 36.4 Å². The van der Waals surface area contributed by atoms with Crippen LogP contribution in [0.1, 0.15) is 23.0 Å². The molecule has 2 aromatic rings. The van der Waals surface area contributed by atoms with Crippen molar-refractivity contribution < 1.29 is 28.8 Å². The van der Waals surface area contributed by atoms with Gasteiger partial charge in [-0.15, -0.1) is 0 Å². The van der Waals surface area contributed by atoms with E-state index in [1.807, 2.05) is 19.1 Å². The molecule has 0 bridgehead atoms. The van der Waals surface area contributed by atoms with Gasteiger partial charge in [-0.3, -0.25) is 5.32 Å². The van der Waals surface area contributed by atoms with Gasteiger partial charge in [-0.1, -0.05) is 17.7 Å². The number of aryl methyl sites for hydroxylation is 1. The molecular formula is C19H21NO6. The van der Waals surface area contributed by atoms with Gasteiger partial charge >= 0.3 is 6.09 Å². The van der Waals surface area contributed by atoms with Crippen molar-refractivity contribution in [3.63, 3.8) is 0 Å². The van der Waals surface area contributed by atoms with Crippen LogP contribution < -0.4 is 10.1 Å². The molecule has 1 fully saturated rings. The molecule has 2 N–H and O–H groups in total. The van der Waals surface area contributed by atoms with Crippen LogP contribution in [0.3, 0.4) is 0 Å². The maximum absolute atomic E-state index is 12.0. The zero-order valence-corrected chi connectivity index (χ0v) is 14.7. The number of hydrogen-bond donors (Lipinski definition) is 2. The molecule has 138 valence electrons. The summed E-state index contributed by atoms with van der Waals surface area (Å²) < 4.78 is 21.3. The van der Waals surface area contributed by atoms with E-state index >= 15 is 0 Å². The van der Waals surface area contributed by atoms with E-state index in [0.717, 1.165) is 5.56 Å². The number of methoxy groups -OCH3 is 1. The predicted octanol–water partition coefficient (Wildman–Crippen LogP) is 3.50. The van der Waals surface area contributed by atoms with Gasteiger partial charge in [0.15, 0.2) is 6.29 Å². The fourth-order valence-electron chi connectivity index (χ4n) is 2.59. The van der Waals surface area contributed by atoms with Crippen molar-refractivity contribution in [2.75, 3.05) is 25.6 Å². The van der Waals surface area contributed by atoms with Gasteiger partial charge in [-0.2, -0.15) is 0 Å². The number of carbonyl (C=O) groups excluding carboxylic acids is 1. The highest BCUT2D eigenvalue weighted by atomic mass is 16.7. The molecule has 1 amide bonds. The van der Waals surface area contributed by atoms with Crippen LogP contribution in [0, 0.1) is 6.92 Å². The van der Waals surface area contributed by atoms with E-state index in [1.165, 1.54) is 13.2 Å². The van der Waals surface area contributed by atoms with Crippen LogP contribution in [0.2, 0.25) is 0 Å². The second kappa shape index (κ2) is 8.07. The van der Waals surface area contributed by atoms with E-state index in [0.29, 0.717) is 35.8 Å². The lowest BCUT2D eigenvalue weighted by Crippen LogP contribution is -2.14. The summed E-state index contributed by atoms with van der Waals surface area (Å²) in [5, 5.41) is 12.9. The lowest BCUT2D eigenvalue weighted by Gasteiger charge is -2.16. The van der Waals surface area contributed by atoms with Gasteiger partial charge in [-0.25, -0.2) is 4.79 Å². The summed E-state index contributed by atoms with van der Waals surface area (Å²) in [6.45, 7) is 2.85. The van der Waals surface area contributed by atoms with Crippen molar-refractivity contribution in [2.45, 2.75) is 19.8 Å². The Balaban J connectivity index is 1.65. The van der Waals surface area contributed by atoms with Crippen molar-refractivity contribution in [1.29, 1.82) is 0 Å². The SMILES string of the molecule is COc1cc(C2OCCO2)c(O)cc1COC(=O)Nc1ccc(C)cc1. The predicted molar refractivity (Wildman–Crippen MR) is 94.3 cm³/mol. The van der Waals surface area contributed by atoms with Gasteiger partial charge in [0.25, 0.3) is 0 Å². The maximum atomic E-state index is 12.0. The monoisotopic (exact) mass is 359 g/mol. The number of carbonyl (C=O) groups is 1. The third-order valence-corrected chi connectivity index (χ3v) is 3.96. The number of amides is 1. The van der Waals surface area contributed by atoms with Gasteiger partial charge in [0.1, 0.15) is 18.1 Å². The highest BCUT2D eigenvalue weighted by Gasteiger charge is 2.24. The van der Waals surface area contributed by atoms with Gasteiger partial charge in [0.05, 0.1) is 25.9 Å². The Morgan fingerprint density at radius 2 is 1.92 bits per heavy atom. The largest absolute Gasteiger partial charge is 0.507 e. The first-order chi connectivity index (χ1) is 12.6. The Morgan fingerprint density at radius 1 is 1.23 bits per heavy atom. The highest BCUT2D eigenvalue weighted by molar-refractivity contribution is 5.84. The minimum Gasteiger partial charge on any atom is -0.507 e. The van der Waals surface area contributed by atoms with Gasteiger partial charge in [0, 0.05) is 11.3 Å². The van der Waals surface area contributed by atoms with E-state index in [2.05, 4.69) is 5.32 Å². The van der Waals surface area contributed by atoms with E-state index in [1.54, 1.807) is 18.2 Å². The Morgan fingerprint density at radius 3 is 2.58 bits per heavy atom. The average molecular weight is 359 g/mol. The molecule has 26 heavy (non-hydrogen) atoms. The standard InChI is InChI=1S/C19H21NO6/c1-12-3-5-14(6-4-12)20-19(22)26-11-13-9-16(21)15(10-17(13)23-2)18-24-7-8-25-18/h3-6,9-10,18,21H,7-8,11H2,1-2H3,(H,20,22). The first-order valence-corrected chi connectivity index (χ1v) is 8.20. The molecular weight excluding hydrogens is 338 g/mol. The second-order valence-electron chi connectivity index (χ2n) is 5.86. The van der Waals surface area contributed by atoms with Crippen molar-refractivity contribution >= 4 is 11.8 Å². The molecule has 3 rings (SSSR count). The molecule has 0 saturated carbocycles. The number of anilines is 1. The Labute approximate surface area is 151 Å². The lowest BCUT2D eigenvalue weighted by molar-refractivity contribution is -0.0456. The number of benzene rings is 2. The number of hydrogen-bond acceptors (Lipinski definition) is 6. The zero-order chi connectivity index (χ0) is 18.5. The topological polar surface area (TPSA) is 86.2 Å². The van der Waals surface area contributed by atoms with Crippen LogP contribution in [0.25, 0.3) is 0 Å². The summed E-state index contributed by atoms with van der Waals surface area (Å²) in [5.74, 6) is 0.468. The Kier molecular flexibility index (Phi) is 5.60. The Hall–Kier alpha value is -2.77. The molecule has 0 spiro atoms. The Bertz CT molecular complexity index is 768. The van der Waals surface area contributed by atoms with Crippen molar-refractivity contribution in [1.82, 2.24) is 0 Å². The molecule has 7 heteroatoms. The summed E-state index contributed by atoms with van der Waals surface area (Å²) in [6.07, 6.45) is -1.22. The van der Waals surface area contributed by atoms with Crippen LogP contribution in [0.4, 0.5) is 10.5 Å². The molecule has 0 unspecified atom stereocenters. The molecule has 0 atom stereocenters. The van der Waals surface area contributed by atoms with E-state index in [9.17, 15) is 9.90 Å². The van der Waals surface area contributed by atoms with Crippen molar-refractivity contribution in [3.8, 4) is 11.5 Å². The first-order valence-electron chi connectivity index (χ1n) is 8.20. The molecule has 1 aliphatic heterocycles. The fourth-order valence-corrected chi connectivity index (χ4v) is 2.59. The smallest absolute Gasteiger partial charge is 0.411 e. The lowest BCUT2D eigenvalue weighted by atomic mass is 10.1. The molecule has 2 aromatic carbocycles. The van der Waals surface area contributed by atoms with Gasteiger partial charge < -0.3 is 24.1 Å². The van der Waals surface area contributed by atoms with Crippen LogP contribution >= 0.6 is 0 Å². The minimum atomic E-state index is -0.622. The average Bonchev–Trinajstić information content (AvgIpc) is 3.16. The quantitative estimate of drug-likeness (QED) is 0.850. The first kappa shape index (κ1) is 18.0. The third kappa shape index (κ3) is 4.25. The molecule has 1 saturated heterocycles. The van der Waals surface area contributed by atoms with Gasteiger partial charge in [-0.05, 0) is 31.2 Å². The summed E-state index contributed by atoms with van der Waals surface area (Å²) in [7, 11) is 1.50. The number of nitrogens with one attached hydrogen (secondary N) is 1. The number of rotatable bonds is 5. The molecule has 0 aliphatic carbocycles. The summed E-state index contributed by atoms with van der Waals surface area (Å²) in [4.78, 5) is 12.0. The zero-order valence-electron chi connectivity index (χ0n) is 14.7. The number of aromatic hydroxyl groups is 1. The molecule has 7 nitrogen and oxygen atoms in total. The summed E-state index contributed by atoms with van der Waals surface area (Å²) >= 11 is 0. The number of phenolic OH excluding ortho intramolecular Hbond substituents is 1. The van der Waals surface area contributed by atoms with E-state index < -0.39 is 12.4 Å². The second-order valence-corrected chi connectivity index (χ2v) is 5.86. The van der Waals surface area contributed by atoms with Crippen LogP contribution in [-0.2, 0) is 20.8 Å². The normalized spacial score (nSPS) is 14.2. The van der Waals surface area contributed by atoms with Crippen LogP contribution in [-0.4, -0.2) is 31.5 Å². The third-order valence-electron chi connectivity index (χ3n) is 3.96. The van der Waals surface area contributed by atoms with Crippen LogP contribution in [0.5, 0.6) is 11.5 Å². The van der Waals surface area contributed by atoms with Crippen molar-refractivity contribution in [2.24, 2.45) is 0 Å². The van der Waals surface area contributed by atoms with Gasteiger partial charge in [0.2, 0.25) is 0 Å². The number of phenols is 1. The fraction of sp³-hybridized carbons (Fsp3) is 0.316. The summed E-state index contributed by atoms with van der Waals surface area (Å²) in [6, 6.07) is 10.5. The molecule has 0 aromatic heterocycles. The van der Waals surface area contributed by atoms with E-state index in [4.69, 9.17) is 18.9 Å².